The number of fused-ring (bicyclic) bond motifs is 1. The summed E-state index contributed by atoms with van der Waals surface area (Å²) in [7, 11) is -3.33. The van der Waals surface area contributed by atoms with Gasteiger partial charge in [-0.05, 0) is 35.7 Å². The molecule has 0 amide bonds. The van der Waals surface area contributed by atoms with Crippen LogP contribution in [0.15, 0.2) is 54.0 Å². The fourth-order valence-corrected chi connectivity index (χ4v) is 4.32. The third-order valence-electron chi connectivity index (χ3n) is 4.20. The lowest BCUT2D eigenvalue weighted by Crippen LogP contribution is -2.13. The fourth-order valence-electron chi connectivity index (χ4n) is 3.05. The van der Waals surface area contributed by atoms with Crippen LogP contribution in [0.3, 0.4) is 0 Å². The van der Waals surface area contributed by atoms with Gasteiger partial charge in [0, 0.05) is 13.1 Å². The number of hydrogen-bond acceptors (Lipinski definition) is 7. The Balaban J connectivity index is 1.53. The van der Waals surface area contributed by atoms with Gasteiger partial charge in [-0.15, -0.1) is 11.3 Å². The number of phenols is 1. The molecule has 0 aliphatic heterocycles. The summed E-state index contributed by atoms with van der Waals surface area (Å²) in [6.07, 6.45) is 2.55. The molecule has 150 valence electrons. The molecular formula is C19H19N5O3S2. The molecule has 0 saturated carbocycles. The first-order valence-electron chi connectivity index (χ1n) is 8.80. The molecular weight excluding hydrogens is 410 g/mol. The largest absolute Gasteiger partial charge is 0.506 e. The summed E-state index contributed by atoms with van der Waals surface area (Å²) in [5.74, 6) is 1.61. The molecule has 4 rings (SSSR count). The van der Waals surface area contributed by atoms with E-state index < -0.39 is 10.0 Å². The highest BCUT2D eigenvalue weighted by Gasteiger charge is 2.16. The first-order valence-corrected chi connectivity index (χ1v) is 11.6. The number of imidazole rings is 1. The van der Waals surface area contributed by atoms with E-state index in [2.05, 4.69) is 15.0 Å². The highest BCUT2D eigenvalue weighted by atomic mass is 32.2. The van der Waals surface area contributed by atoms with Crippen molar-refractivity contribution < 1.29 is 13.5 Å². The van der Waals surface area contributed by atoms with Crippen molar-refractivity contribution in [3.63, 3.8) is 0 Å². The molecule has 29 heavy (non-hydrogen) atoms. The molecule has 0 spiro atoms. The maximum absolute atomic E-state index is 11.3. The topological polar surface area (TPSA) is 109 Å². The number of phenolic OH excluding ortho intramolecular Hbond substituents is 1. The van der Waals surface area contributed by atoms with Crippen LogP contribution in [0.1, 0.15) is 0 Å². The number of para-hydroxylation sites is 1. The van der Waals surface area contributed by atoms with Gasteiger partial charge in [-0.1, -0.05) is 12.1 Å². The molecule has 0 atom stereocenters. The van der Waals surface area contributed by atoms with Crippen LogP contribution in [0.4, 0.5) is 11.5 Å². The minimum absolute atomic E-state index is 0.187. The van der Waals surface area contributed by atoms with Crippen molar-refractivity contribution >= 4 is 43.9 Å². The van der Waals surface area contributed by atoms with Crippen LogP contribution in [0.5, 0.6) is 5.75 Å². The third kappa shape index (κ3) is 4.33. The molecule has 0 aliphatic carbocycles. The highest BCUT2D eigenvalue weighted by Crippen LogP contribution is 2.32. The first-order chi connectivity index (χ1) is 13.9. The standard InChI is InChI=1S/C19H19N5O3S2/c1-29(26,27)23-13-7-8-17(21-12-13)20-9-10-24-18-14(4-2-5-15(18)25)22-19(24)16-6-3-11-28-16/h2-8,11-12,23,25H,9-10H2,1H3,(H,20,21). The molecule has 3 heterocycles. The van der Waals surface area contributed by atoms with Crippen molar-refractivity contribution in [1.82, 2.24) is 14.5 Å². The average molecular weight is 430 g/mol. The normalized spacial score (nSPS) is 11.6. The molecule has 8 nitrogen and oxygen atoms in total. The molecule has 3 aromatic heterocycles. The summed E-state index contributed by atoms with van der Waals surface area (Å²) < 4.78 is 26.9. The minimum atomic E-state index is -3.33. The van der Waals surface area contributed by atoms with Crippen LogP contribution in [-0.4, -0.2) is 40.9 Å². The van der Waals surface area contributed by atoms with Gasteiger partial charge >= 0.3 is 0 Å². The number of nitrogens with one attached hydrogen (secondary N) is 2. The van der Waals surface area contributed by atoms with E-state index in [0.717, 1.165) is 22.5 Å². The molecule has 4 aromatic rings. The Bertz CT molecular complexity index is 1230. The maximum atomic E-state index is 11.3. The quantitative estimate of drug-likeness (QED) is 0.416. The Morgan fingerprint density at radius 3 is 2.72 bits per heavy atom. The van der Waals surface area contributed by atoms with Crippen molar-refractivity contribution in [1.29, 1.82) is 0 Å². The number of nitrogens with zero attached hydrogens (tertiary/aromatic N) is 3. The number of anilines is 2. The van der Waals surface area contributed by atoms with Crippen molar-refractivity contribution in [3.05, 3.63) is 54.0 Å². The molecule has 0 fully saturated rings. The van der Waals surface area contributed by atoms with E-state index >= 15 is 0 Å². The van der Waals surface area contributed by atoms with E-state index in [4.69, 9.17) is 4.98 Å². The van der Waals surface area contributed by atoms with Crippen LogP contribution < -0.4 is 10.0 Å². The number of benzene rings is 1. The Hall–Kier alpha value is -3.11. The smallest absolute Gasteiger partial charge is 0.229 e. The summed E-state index contributed by atoms with van der Waals surface area (Å²) in [6, 6.07) is 12.6. The first kappa shape index (κ1) is 19.2. The lowest BCUT2D eigenvalue weighted by Gasteiger charge is -2.11. The summed E-state index contributed by atoms with van der Waals surface area (Å²) in [4.78, 5) is 9.94. The number of aromatic nitrogens is 3. The van der Waals surface area contributed by atoms with Gasteiger partial charge in [-0.2, -0.15) is 0 Å². The Morgan fingerprint density at radius 1 is 1.17 bits per heavy atom. The highest BCUT2D eigenvalue weighted by molar-refractivity contribution is 7.92. The lowest BCUT2D eigenvalue weighted by atomic mass is 10.3. The number of pyridine rings is 1. The van der Waals surface area contributed by atoms with Crippen molar-refractivity contribution in [3.8, 4) is 16.5 Å². The second kappa shape index (κ2) is 7.72. The second-order valence-electron chi connectivity index (χ2n) is 6.44. The molecule has 3 N–H and O–H groups in total. The summed E-state index contributed by atoms with van der Waals surface area (Å²) in [5, 5.41) is 15.6. The molecule has 0 aliphatic rings. The molecule has 1 aromatic carbocycles. The van der Waals surface area contributed by atoms with E-state index in [9.17, 15) is 13.5 Å². The monoisotopic (exact) mass is 429 g/mol. The number of aromatic hydroxyl groups is 1. The average Bonchev–Trinajstić information content (AvgIpc) is 3.30. The van der Waals surface area contributed by atoms with Gasteiger partial charge in [0.2, 0.25) is 10.0 Å². The SMILES string of the molecule is CS(=O)(=O)Nc1ccc(NCCn2c(-c3cccs3)nc3cccc(O)c32)nc1. The van der Waals surface area contributed by atoms with Crippen LogP contribution in [0, 0.1) is 0 Å². The number of rotatable bonds is 7. The molecule has 0 saturated heterocycles. The third-order valence-corrected chi connectivity index (χ3v) is 5.67. The van der Waals surface area contributed by atoms with E-state index in [1.165, 1.54) is 6.20 Å². The van der Waals surface area contributed by atoms with E-state index in [-0.39, 0.29) is 5.75 Å². The molecule has 0 unspecified atom stereocenters. The van der Waals surface area contributed by atoms with Gasteiger partial charge in [-0.3, -0.25) is 4.72 Å². The van der Waals surface area contributed by atoms with Gasteiger partial charge in [0.1, 0.15) is 17.1 Å². The van der Waals surface area contributed by atoms with Crippen molar-refractivity contribution in [2.75, 3.05) is 22.8 Å². The zero-order chi connectivity index (χ0) is 20.4. The van der Waals surface area contributed by atoms with E-state index in [0.29, 0.717) is 30.1 Å². The van der Waals surface area contributed by atoms with Gasteiger partial charge in [-0.25, -0.2) is 18.4 Å². The van der Waals surface area contributed by atoms with Crippen molar-refractivity contribution in [2.24, 2.45) is 0 Å². The summed E-state index contributed by atoms with van der Waals surface area (Å²) >= 11 is 1.59. The second-order valence-corrected chi connectivity index (χ2v) is 9.14. The predicted molar refractivity (Wildman–Crippen MR) is 116 cm³/mol. The minimum Gasteiger partial charge on any atom is -0.506 e. The van der Waals surface area contributed by atoms with Crippen molar-refractivity contribution in [2.45, 2.75) is 6.54 Å². The van der Waals surface area contributed by atoms with Gasteiger partial charge in [0.05, 0.1) is 28.5 Å². The van der Waals surface area contributed by atoms with Gasteiger partial charge < -0.3 is 15.0 Å². The summed E-state index contributed by atoms with van der Waals surface area (Å²) in [6.45, 7) is 1.11. The zero-order valence-electron chi connectivity index (χ0n) is 15.5. The molecule has 0 radical (unpaired) electrons. The fraction of sp³-hybridized carbons (Fsp3) is 0.158. The van der Waals surface area contributed by atoms with Crippen LogP contribution >= 0.6 is 11.3 Å². The number of sulfonamides is 1. The lowest BCUT2D eigenvalue weighted by molar-refractivity contribution is 0.478. The predicted octanol–water partition coefficient (Wildman–Crippen LogP) is 3.35. The zero-order valence-corrected chi connectivity index (χ0v) is 17.2. The van der Waals surface area contributed by atoms with Crippen LogP contribution in [-0.2, 0) is 16.6 Å². The molecule has 0 bridgehead atoms. The Morgan fingerprint density at radius 2 is 2.03 bits per heavy atom. The van der Waals surface area contributed by atoms with Gasteiger partial charge in [0.15, 0.2) is 5.82 Å². The summed E-state index contributed by atoms with van der Waals surface area (Å²) in [5.41, 5.74) is 1.84. The molecule has 10 heteroatoms. The maximum Gasteiger partial charge on any atom is 0.229 e. The van der Waals surface area contributed by atoms with E-state index in [1.807, 2.05) is 28.1 Å². The Labute approximate surface area is 171 Å². The number of hydrogen-bond donors (Lipinski definition) is 3. The van der Waals surface area contributed by atoms with Crippen LogP contribution in [0.25, 0.3) is 21.7 Å². The van der Waals surface area contributed by atoms with Crippen LogP contribution in [0.2, 0.25) is 0 Å². The number of thiophene rings is 1. The van der Waals surface area contributed by atoms with Gasteiger partial charge in [0.25, 0.3) is 0 Å². The Kier molecular flexibility index (Phi) is 5.12. The van der Waals surface area contributed by atoms with E-state index in [1.54, 1.807) is 35.6 Å².